The molecule has 0 aliphatic carbocycles. The third-order valence-electron chi connectivity index (χ3n) is 2.02. The van der Waals surface area contributed by atoms with E-state index < -0.39 is 0 Å². The van der Waals surface area contributed by atoms with Gasteiger partial charge < -0.3 is 4.74 Å². The fourth-order valence-corrected chi connectivity index (χ4v) is 1.42. The maximum Gasteiger partial charge on any atom is 0.0636 e. The Labute approximate surface area is 68.5 Å². The molecule has 3 nitrogen and oxygen atoms in total. The number of hydrogen-bond donors (Lipinski definition) is 1. The third-order valence-corrected chi connectivity index (χ3v) is 2.02. The number of rotatable bonds is 2. The maximum absolute atomic E-state index is 5.78. The van der Waals surface area contributed by atoms with E-state index in [0.717, 1.165) is 26.2 Å². The molecule has 0 amide bonds. The summed E-state index contributed by atoms with van der Waals surface area (Å²) in [6, 6.07) is 0.434. The molecule has 0 aromatic heterocycles. The summed E-state index contributed by atoms with van der Waals surface area (Å²) < 4.78 is 5.33. The fraction of sp³-hybridized carbons (Fsp3) is 1.00. The van der Waals surface area contributed by atoms with Crippen LogP contribution >= 0.6 is 0 Å². The Morgan fingerprint density at radius 2 is 2.36 bits per heavy atom. The van der Waals surface area contributed by atoms with Gasteiger partial charge in [-0.3, -0.25) is 5.84 Å². The molecule has 1 fully saturated rings. The lowest BCUT2D eigenvalue weighted by Crippen LogP contribution is -2.50. The molecule has 1 rings (SSSR count). The average Bonchev–Trinajstić information content (AvgIpc) is 1.93. The molecule has 1 aliphatic heterocycles. The number of morpholine rings is 1. The summed E-state index contributed by atoms with van der Waals surface area (Å²) in [7, 11) is 0. The Bertz CT molecular complexity index is 117. The topological polar surface area (TPSA) is 38.5 Å². The van der Waals surface area contributed by atoms with Crippen LogP contribution in [0.5, 0.6) is 0 Å². The van der Waals surface area contributed by atoms with Crippen molar-refractivity contribution < 1.29 is 4.74 Å². The zero-order valence-electron chi connectivity index (χ0n) is 7.42. The smallest absolute Gasteiger partial charge is 0.0636 e. The van der Waals surface area contributed by atoms with E-state index in [2.05, 4.69) is 13.8 Å². The molecular formula is C8H18N2O. The molecule has 66 valence electrons. The van der Waals surface area contributed by atoms with Gasteiger partial charge in [0.2, 0.25) is 0 Å². The number of hydrogen-bond acceptors (Lipinski definition) is 3. The highest BCUT2D eigenvalue weighted by atomic mass is 16.5. The second-order valence-electron chi connectivity index (χ2n) is 3.60. The van der Waals surface area contributed by atoms with Crippen molar-refractivity contribution in [2.75, 3.05) is 19.8 Å². The van der Waals surface area contributed by atoms with Crippen LogP contribution in [-0.4, -0.2) is 30.8 Å². The number of nitrogens with zero attached hydrogens (tertiary/aromatic N) is 1. The van der Waals surface area contributed by atoms with Gasteiger partial charge in [0.05, 0.1) is 13.2 Å². The SMILES string of the molecule is CC(C)C[C@@H]1COCCN1N. The third kappa shape index (κ3) is 2.77. The standard InChI is InChI=1S/C8H18N2O/c1-7(2)5-8-6-11-4-3-10(8)9/h7-8H,3-6,9H2,1-2H3/t8-/m1/s1. The molecule has 1 heterocycles. The molecular weight excluding hydrogens is 140 g/mol. The van der Waals surface area contributed by atoms with Crippen molar-refractivity contribution in [2.24, 2.45) is 11.8 Å². The van der Waals surface area contributed by atoms with Crippen LogP contribution in [-0.2, 0) is 4.74 Å². The number of hydrazine groups is 1. The van der Waals surface area contributed by atoms with Gasteiger partial charge in [0.1, 0.15) is 0 Å². The van der Waals surface area contributed by atoms with Crippen molar-refractivity contribution in [1.29, 1.82) is 0 Å². The Kier molecular flexibility index (Phi) is 3.30. The van der Waals surface area contributed by atoms with Crippen molar-refractivity contribution in [3.8, 4) is 0 Å². The predicted molar refractivity (Wildman–Crippen MR) is 45.0 cm³/mol. The first-order valence-corrected chi connectivity index (χ1v) is 4.29. The summed E-state index contributed by atoms with van der Waals surface area (Å²) in [5.74, 6) is 6.48. The Morgan fingerprint density at radius 3 is 2.91 bits per heavy atom. The van der Waals surface area contributed by atoms with Gasteiger partial charge in [-0.25, -0.2) is 5.01 Å². The van der Waals surface area contributed by atoms with Crippen molar-refractivity contribution in [3.63, 3.8) is 0 Å². The van der Waals surface area contributed by atoms with Gasteiger partial charge in [0.15, 0.2) is 0 Å². The van der Waals surface area contributed by atoms with E-state index in [1.165, 1.54) is 0 Å². The molecule has 0 aromatic carbocycles. The summed E-state index contributed by atoms with van der Waals surface area (Å²) in [5, 5.41) is 1.91. The number of ether oxygens (including phenoxy) is 1. The first kappa shape index (κ1) is 8.97. The zero-order valence-corrected chi connectivity index (χ0v) is 7.42. The van der Waals surface area contributed by atoms with Gasteiger partial charge >= 0.3 is 0 Å². The van der Waals surface area contributed by atoms with Gasteiger partial charge in [-0.05, 0) is 12.3 Å². The molecule has 1 atom stereocenters. The highest BCUT2D eigenvalue weighted by Crippen LogP contribution is 2.11. The van der Waals surface area contributed by atoms with Crippen LogP contribution in [0.2, 0.25) is 0 Å². The number of nitrogens with two attached hydrogens (primary N) is 1. The van der Waals surface area contributed by atoms with Crippen LogP contribution in [0.25, 0.3) is 0 Å². The molecule has 0 spiro atoms. The summed E-state index contributed by atoms with van der Waals surface area (Å²) >= 11 is 0. The molecule has 3 heteroatoms. The summed E-state index contributed by atoms with van der Waals surface area (Å²) in [6.07, 6.45) is 1.14. The summed E-state index contributed by atoms with van der Waals surface area (Å²) in [5.41, 5.74) is 0. The largest absolute Gasteiger partial charge is 0.378 e. The molecule has 0 radical (unpaired) electrons. The van der Waals surface area contributed by atoms with Crippen LogP contribution < -0.4 is 5.84 Å². The molecule has 2 N–H and O–H groups in total. The minimum atomic E-state index is 0.434. The van der Waals surface area contributed by atoms with Crippen molar-refractivity contribution in [3.05, 3.63) is 0 Å². The lowest BCUT2D eigenvalue weighted by atomic mass is 10.0. The second-order valence-corrected chi connectivity index (χ2v) is 3.60. The minimum Gasteiger partial charge on any atom is -0.378 e. The molecule has 1 saturated heterocycles. The monoisotopic (exact) mass is 158 g/mol. The van der Waals surface area contributed by atoms with Gasteiger partial charge in [0, 0.05) is 12.6 Å². The maximum atomic E-state index is 5.78. The molecule has 0 bridgehead atoms. The first-order valence-electron chi connectivity index (χ1n) is 4.29. The average molecular weight is 158 g/mol. The van der Waals surface area contributed by atoms with Crippen LogP contribution in [0.15, 0.2) is 0 Å². The van der Waals surface area contributed by atoms with E-state index in [-0.39, 0.29) is 0 Å². The van der Waals surface area contributed by atoms with E-state index in [1.807, 2.05) is 5.01 Å². The molecule has 0 unspecified atom stereocenters. The summed E-state index contributed by atoms with van der Waals surface area (Å²) in [6.45, 7) is 6.88. The van der Waals surface area contributed by atoms with Crippen LogP contribution in [0.3, 0.4) is 0 Å². The van der Waals surface area contributed by atoms with Crippen molar-refractivity contribution in [2.45, 2.75) is 26.3 Å². The van der Waals surface area contributed by atoms with Crippen molar-refractivity contribution >= 4 is 0 Å². The van der Waals surface area contributed by atoms with Gasteiger partial charge in [-0.1, -0.05) is 13.8 Å². The summed E-state index contributed by atoms with van der Waals surface area (Å²) in [4.78, 5) is 0. The molecule has 0 saturated carbocycles. The Morgan fingerprint density at radius 1 is 1.64 bits per heavy atom. The second kappa shape index (κ2) is 4.04. The van der Waals surface area contributed by atoms with Gasteiger partial charge in [-0.2, -0.15) is 0 Å². The van der Waals surface area contributed by atoms with Crippen LogP contribution in [0.4, 0.5) is 0 Å². The van der Waals surface area contributed by atoms with E-state index in [0.29, 0.717) is 12.0 Å². The van der Waals surface area contributed by atoms with E-state index in [9.17, 15) is 0 Å². The van der Waals surface area contributed by atoms with Gasteiger partial charge in [0.25, 0.3) is 0 Å². The molecule has 0 aromatic rings. The van der Waals surface area contributed by atoms with Crippen LogP contribution in [0, 0.1) is 5.92 Å². The van der Waals surface area contributed by atoms with Crippen LogP contribution in [0.1, 0.15) is 20.3 Å². The highest BCUT2D eigenvalue weighted by Gasteiger charge is 2.20. The van der Waals surface area contributed by atoms with E-state index in [1.54, 1.807) is 0 Å². The minimum absolute atomic E-state index is 0.434. The lowest BCUT2D eigenvalue weighted by molar-refractivity contribution is -0.0150. The Balaban J connectivity index is 2.29. The normalized spacial score (nSPS) is 27.8. The lowest BCUT2D eigenvalue weighted by Gasteiger charge is -2.32. The van der Waals surface area contributed by atoms with E-state index in [4.69, 9.17) is 10.6 Å². The fourth-order valence-electron chi connectivity index (χ4n) is 1.42. The first-order chi connectivity index (χ1) is 5.20. The predicted octanol–water partition coefficient (Wildman–Crippen LogP) is 0.607. The molecule has 11 heavy (non-hydrogen) atoms. The zero-order chi connectivity index (χ0) is 8.27. The van der Waals surface area contributed by atoms with Gasteiger partial charge in [-0.15, -0.1) is 0 Å². The van der Waals surface area contributed by atoms with Crippen molar-refractivity contribution in [1.82, 2.24) is 5.01 Å². The highest BCUT2D eigenvalue weighted by molar-refractivity contribution is 4.71. The van der Waals surface area contributed by atoms with E-state index >= 15 is 0 Å². The quantitative estimate of drug-likeness (QED) is 0.598. The molecule has 1 aliphatic rings. The Hall–Kier alpha value is -0.120.